The molecule has 1 aromatic carbocycles. The van der Waals surface area contributed by atoms with Crippen molar-refractivity contribution in [3.8, 4) is 0 Å². The van der Waals surface area contributed by atoms with Gasteiger partial charge in [-0.3, -0.25) is 14.5 Å². The minimum Gasteiger partial charge on any atom is -0.379 e. The summed E-state index contributed by atoms with van der Waals surface area (Å²) >= 11 is 0. The molecule has 0 bridgehead atoms. The van der Waals surface area contributed by atoms with Crippen molar-refractivity contribution in [3.63, 3.8) is 0 Å². The minimum absolute atomic E-state index is 0.198. The van der Waals surface area contributed by atoms with Crippen molar-refractivity contribution in [1.29, 1.82) is 0 Å². The zero-order chi connectivity index (χ0) is 18.0. The Kier molecular flexibility index (Phi) is 5.22. The lowest BCUT2D eigenvalue weighted by Gasteiger charge is -2.30. The number of likely N-dealkylation sites (N-methyl/N-ethyl adjacent to an activating group) is 1. The van der Waals surface area contributed by atoms with E-state index in [9.17, 15) is 14.7 Å². The van der Waals surface area contributed by atoms with Gasteiger partial charge in [0.05, 0.1) is 25.7 Å². The van der Waals surface area contributed by atoms with Crippen molar-refractivity contribution in [2.75, 3.05) is 39.9 Å². The van der Waals surface area contributed by atoms with E-state index in [4.69, 9.17) is 4.74 Å². The van der Waals surface area contributed by atoms with Crippen LogP contribution in [0.3, 0.4) is 0 Å². The molecule has 2 atom stereocenters. The van der Waals surface area contributed by atoms with Crippen molar-refractivity contribution >= 4 is 11.7 Å². The number of amides is 1. The maximum atomic E-state index is 12.4. The predicted molar refractivity (Wildman–Crippen MR) is 92.9 cm³/mol. The van der Waals surface area contributed by atoms with Gasteiger partial charge in [-0.2, -0.15) is 0 Å². The Hall–Kier alpha value is -1.76. The van der Waals surface area contributed by atoms with E-state index in [0.717, 1.165) is 31.9 Å². The first kappa shape index (κ1) is 18.0. The van der Waals surface area contributed by atoms with Gasteiger partial charge in [-0.15, -0.1) is 0 Å². The van der Waals surface area contributed by atoms with Crippen molar-refractivity contribution in [3.05, 3.63) is 41.9 Å². The van der Waals surface area contributed by atoms with Crippen molar-refractivity contribution in [1.82, 2.24) is 9.80 Å². The molecule has 3 rings (SSSR count). The van der Waals surface area contributed by atoms with E-state index in [1.54, 1.807) is 7.05 Å². The fourth-order valence-corrected chi connectivity index (χ4v) is 3.68. The second-order valence-electron chi connectivity index (χ2n) is 6.89. The maximum absolute atomic E-state index is 12.4. The molecule has 135 valence electrons. The molecule has 6 nitrogen and oxygen atoms in total. The molecule has 2 aliphatic rings. The summed E-state index contributed by atoms with van der Waals surface area (Å²) in [6.45, 7) is 7.13. The number of hydrogen-bond acceptors (Lipinski definition) is 5. The van der Waals surface area contributed by atoms with E-state index >= 15 is 0 Å². The van der Waals surface area contributed by atoms with E-state index in [2.05, 4.69) is 11.4 Å². The summed E-state index contributed by atoms with van der Waals surface area (Å²) in [5.74, 6) is -1.41. The number of ether oxygens (including phenoxy) is 1. The molecule has 1 radical (unpaired) electrons. The van der Waals surface area contributed by atoms with Crippen molar-refractivity contribution < 1.29 is 19.4 Å². The highest BCUT2D eigenvalue weighted by molar-refractivity contribution is 5.97. The van der Waals surface area contributed by atoms with Crippen LogP contribution in [0.25, 0.3) is 0 Å². The highest BCUT2D eigenvalue weighted by atomic mass is 16.5. The standard InChI is InChI=1S/C19H25N2O4/c1-14(22)17(19(24)7-8-20(2)18(19)23)16-5-3-15(4-6-16)13-21-9-11-25-12-10-21/h3-6,13,17,24H,7-12H2,1-2H3/t17-,19-/m1/s1. The average molecular weight is 345 g/mol. The van der Waals surface area contributed by atoms with Crippen molar-refractivity contribution in [2.45, 2.75) is 24.9 Å². The molecule has 1 amide bonds. The normalized spacial score (nSPS) is 26.0. The highest BCUT2D eigenvalue weighted by Crippen LogP contribution is 2.37. The van der Waals surface area contributed by atoms with Gasteiger partial charge in [-0.25, -0.2) is 0 Å². The van der Waals surface area contributed by atoms with E-state index in [-0.39, 0.29) is 18.1 Å². The molecule has 2 saturated heterocycles. The van der Waals surface area contributed by atoms with E-state index in [1.165, 1.54) is 11.8 Å². The van der Waals surface area contributed by atoms with Crippen LogP contribution in [0.1, 0.15) is 30.4 Å². The molecule has 25 heavy (non-hydrogen) atoms. The van der Waals surface area contributed by atoms with Gasteiger partial charge in [0.1, 0.15) is 5.78 Å². The topological polar surface area (TPSA) is 70.1 Å². The van der Waals surface area contributed by atoms with Crippen LogP contribution in [0, 0.1) is 6.54 Å². The molecular weight excluding hydrogens is 320 g/mol. The lowest BCUT2D eigenvalue weighted by Crippen LogP contribution is -2.46. The van der Waals surface area contributed by atoms with E-state index in [0.29, 0.717) is 12.1 Å². The third-order valence-electron chi connectivity index (χ3n) is 5.08. The molecule has 2 heterocycles. The van der Waals surface area contributed by atoms with Crippen LogP contribution in [0.4, 0.5) is 0 Å². The summed E-state index contributed by atoms with van der Waals surface area (Å²) in [5.41, 5.74) is 0.0586. The molecule has 0 aromatic heterocycles. The average Bonchev–Trinajstić information content (AvgIpc) is 2.85. The molecule has 0 saturated carbocycles. The van der Waals surface area contributed by atoms with Crippen LogP contribution in [0.5, 0.6) is 0 Å². The Labute approximate surface area is 148 Å². The van der Waals surface area contributed by atoms with Gasteiger partial charge in [-0.05, 0) is 18.1 Å². The van der Waals surface area contributed by atoms with Crippen LogP contribution in [-0.4, -0.2) is 72.1 Å². The Morgan fingerprint density at radius 1 is 1.24 bits per heavy atom. The summed E-state index contributed by atoms with van der Waals surface area (Å²) < 4.78 is 5.34. The molecule has 2 fully saturated rings. The zero-order valence-corrected chi connectivity index (χ0v) is 14.8. The van der Waals surface area contributed by atoms with Gasteiger partial charge in [0.25, 0.3) is 5.91 Å². The molecule has 2 aliphatic heterocycles. The van der Waals surface area contributed by atoms with Gasteiger partial charge in [0, 0.05) is 33.1 Å². The molecular formula is C19H25N2O4. The number of ketones is 1. The number of rotatable bonds is 5. The van der Waals surface area contributed by atoms with Crippen LogP contribution in [0.2, 0.25) is 0 Å². The molecule has 0 unspecified atom stereocenters. The number of nitrogens with zero attached hydrogens (tertiary/aromatic N) is 2. The fraction of sp³-hybridized carbons (Fsp3) is 0.526. The third kappa shape index (κ3) is 3.61. The van der Waals surface area contributed by atoms with Crippen LogP contribution >= 0.6 is 0 Å². The molecule has 1 aromatic rings. The number of morpholine rings is 1. The SMILES string of the molecule is CC(=O)[C@H](c1ccc([CH]N2CCOCC2)cc1)[C@]1(O)CCN(C)C1=O. The Morgan fingerprint density at radius 2 is 1.88 bits per heavy atom. The summed E-state index contributed by atoms with van der Waals surface area (Å²) in [6.07, 6.45) is 0.272. The smallest absolute Gasteiger partial charge is 0.255 e. The molecule has 1 N–H and O–H groups in total. The monoisotopic (exact) mass is 345 g/mol. The zero-order valence-electron chi connectivity index (χ0n) is 14.8. The Balaban J connectivity index is 1.78. The Morgan fingerprint density at radius 3 is 2.40 bits per heavy atom. The summed E-state index contributed by atoms with van der Waals surface area (Å²) in [5, 5.41) is 10.9. The largest absolute Gasteiger partial charge is 0.379 e. The van der Waals surface area contributed by atoms with Crippen LogP contribution < -0.4 is 0 Å². The number of carbonyl (C=O) groups is 2. The van der Waals surface area contributed by atoms with Gasteiger partial charge in [0.15, 0.2) is 5.60 Å². The first-order valence-electron chi connectivity index (χ1n) is 8.67. The number of likely N-dealkylation sites (tertiary alicyclic amines) is 1. The summed E-state index contributed by atoms with van der Waals surface area (Å²) in [7, 11) is 1.65. The maximum Gasteiger partial charge on any atom is 0.255 e. The predicted octanol–water partition coefficient (Wildman–Crippen LogP) is 0.794. The molecule has 0 aliphatic carbocycles. The summed E-state index contributed by atoms with van der Waals surface area (Å²) in [4.78, 5) is 28.3. The molecule has 6 heteroatoms. The van der Waals surface area contributed by atoms with Gasteiger partial charge < -0.3 is 14.7 Å². The second kappa shape index (κ2) is 7.23. The van der Waals surface area contributed by atoms with Crippen LogP contribution in [-0.2, 0) is 14.3 Å². The third-order valence-corrected chi connectivity index (χ3v) is 5.08. The lowest BCUT2D eigenvalue weighted by molar-refractivity contribution is -0.148. The number of benzene rings is 1. The van der Waals surface area contributed by atoms with Gasteiger partial charge in [-0.1, -0.05) is 24.3 Å². The number of Topliss-reactive ketones (excluding diaryl/α,β-unsaturated/α-hetero) is 1. The first-order chi connectivity index (χ1) is 11.9. The number of hydrogen-bond donors (Lipinski definition) is 1. The minimum atomic E-state index is -1.64. The van der Waals surface area contributed by atoms with Gasteiger partial charge >= 0.3 is 0 Å². The second-order valence-corrected chi connectivity index (χ2v) is 6.89. The molecule has 0 spiro atoms. The van der Waals surface area contributed by atoms with Crippen molar-refractivity contribution in [2.24, 2.45) is 0 Å². The highest BCUT2D eigenvalue weighted by Gasteiger charge is 2.52. The Bertz CT molecular complexity index is 639. The quantitative estimate of drug-likeness (QED) is 0.855. The van der Waals surface area contributed by atoms with E-state index in [1.807, 2.05) is 24.3 Å². The van der Waals surface area contributed by atoms with Crippen LogP contribution in [0.15, 0.2) is 24.3 Å². The number of carbonyl (C=O) groups excluding carboxylic acids is 2. The van der Waals surface area contributed by atoms with E-state index < -0.39 is 11.5 Å². The fourth-order valence-electron chi connectivity index (χ4n) is 3.68. The first-order valence-corrected chi connectivity index (χ1v) is 8.67. The van der Waals surface area contributed by atoms with Gasteiger partial charge in [0.2, 0.25) is 0 Å². The number of aliphatic hydroxyl groups is 1. The lowest BCUT2D eigenvalue weighted by atomic mass is 9.78. The summed E-state index contributed by atoms with van der Waals surface area (Å²) in [6, 6.07) is 7.52.